The molecule has 96 valence electrons. The van der Waals surface area contributed by atoms with Crippen molar-refractivity contribution in [1.82, 2.24) is 0 Å². The summed E-state index contributed by atoms with van der Waals surface area (Å²) in [4.78, 5) is 22.9. The molecule has 1 saturated heterocycles. The Morgan fingerprint density at radius 3 is 1.67 bits per heavy atom. The fourth-order valence-corrected chi connectivity index (χ4v) is 1.18. The minimum atomic E-state index is -1.09. The zero-order valence-electron chi connectivity index (χ0n) is 9.59. The minimum absolute atomic E-state index is 0.0238. The second kappa shape index (κ2) is 7.33. The van der Waals surface area contributed by atoms with E-state index in [1.165, 1.54) is 0 Å². The fourth-order valence-electron chi connectivity index (χ4n) is 1.18. The first-order valence-corrected chi connectivity index (χ1v) is 5.12. The molecule has 0 spiro atoms. The number of ether oxygens (including phenoxy) is 4. The molecular weight excluding hydrogens is 240 g/mol. The van der Waals surface area contributed by atoms with Crippen LogP contribution in [0.15, 0.2) is 0 Å². The van der Waals surface area contributed by atoms with Gasteiger partial charge in [0.2, 0.25) is 12.2 Å². The topological polar surface area (TPSA) is 71.1 Å². The SMILES string of the molecule is C#CCOC[C@@H]1OC(=O)[C@@H](COCC#C)OC1=O. The maximum absolute atomic E-state index is 11.5. The van der Waals surface area contributed by atoms with Crippen molar-refractivity contribution in [3.8, 4) is 24.7 Å². The molecule has 0 bridgehead atoms. The Hall–Kier alpha value is -2.02. The molecule has 1 aliphatic heterocycles. The van der Waals surface area contributed by atoms with Gasteiger partial charge in [-0.2, -0.15) is 0 Å². The molecule has 0 unspecified atom stereocenters. The molecule has 0 N–H and O–H groups in total. The van der Waals surface area contributed by atoms with Crippen LogP contribution in [0.3, 0.4) is 0 Å². The van der Waals surface area contributed by atoms with Crippen molar-refractivity contribution in [1.29, 1.82) is 0 Å². The van der Waals surface area contributed by atoms with Gasteiger partial charge in [-0.1, -0.05) is 11.8 Å². The van der Waals surface area contributed by atoms with Crippen LogP contribution in [0.4, 0.5) is 0 Å². The Bertz CT molecular complexity index is 350. The fraction of sp³-hybridized carbons (Fsp3) is 0.500. The summed E-state index contributed by atoms with van der Waals surface area (Å²) in [6.07, 6.45) is 7.75. The number of carbonyl (C=O) groups is 2. The van der Waals surface area contributed by atoms with Gasteiger partial charge in [0.05, 0.1) is 13.2 Å². The Labute approximate surface area is 105 Å². The van der Waals surface area contributed by atoms with Crippen LogP contribution in [0.2, 0.25) is 0 Å². The Kier molecular flexibility index (Phi) is 5.72. The van der Waals surface area contributed by atoms with Gasteiger partial charge in [0.1, 0.15) is 13.2 Å². The molecule has 0 amide bonds. The van der Waals surface area contributed by atoms with E-state index in [4.69, 9.17) is 31.8 Å². The van der Waals surface area contributed by atoms with Crippen LogP contribution in [0.5, 0.6) is 0 Å². The highest BCUT2D eigenvalue weighted by Crippen LogP contribution is 2.11. The van der Waals surface area contributed by atoms with Gasteiger partial charge in [-0.15, -0.1) is 12.8 Å². The molecular formula is C12H12O6. The lowest BCUT2D eigenvalue weighted by Crippen LogP contribution is -2.47. The average molecular weight is 252 g/mol. The summed E-state index contributed by atoms with van der Waals surface area (Å²) in [5.74, 6) is 3.06. The van der Waals surface area contributed by atoms with Crippen LogP contribution >= 0.6 is 0 Å². The highest BCUT2D eigenvalue weighted by atomic mass is 16.7. The molecule has 0 radical (unpaired) electrons. The third-order valence-electron chi connectivity index (χ3n) is 1.95. The van der Waals surface area contributed by atoms with Gasteiger partial charge in [0, 0.05) is 0 Å². The van der Waals surface area contributed by atoms with Crippen LogP contribution in [-0.2, 0) is 28.5 Å². The van der Waals surface area contributed by atoms with E-state index in [1.54, 1.807) is 0 Å². The van der Waals surface area contributed by atoms with Gasteiger partial charge in [-0.25, -0.2) is 9.59 Å². The van der Waals surface area contributed by atoms with Gasteiger partial charge in [-0.05, 0) is 0 Å². The maximum Gasteiger partial charge on any atom is 0.350 e. The van der Waals surface area contributed by atoms with Crippen LogP contribution in [-0.4, -0.2) is 50.6 Å². The molecule has 6 nitrogen and oxygen atoms in total. The Morgan fingerprint density at radius 1 is 0.944 bits per heavy atom. The lowest BCUT2D eigenvalue weighted by atomic mass is 10.3. The first-order chi connectivity index (χ1) is 8.69. The third kappa shape index (κ3) is 4.10. The monoisotopic (exact) mass is 252 g/mol. The third-order valence-corrected chi connectivity index (χ3v) is 1.95. The van der Waals surface area contributed by atoms with Crippen molar-refractivity contribution >= 4 is 11.9 Å². The molecule has 6 heteroatoms. The molecule has 0 aromatic carbocycles. The van der Waals surface area contributed by atoms with E-state index >= 15 is 0 Å². The summed E-state index contributed by atoms with van der Waals surface area (Å²) in [6, 6.07) is 0. The summed E-state index contributed by atoms with van der Waals surface area (Å²) >= 11 is 0. The first-order valence-electron chi connectivity index (χ1n) is 5.12. The van der Waals surface area contributed by atoms with E-state index in [0.717, 1.165) is 0 Å². The van der Waals surface area contributed by atoms with Crippen LogP contribution in [0.25, 0.3) is 0 Å². The zero-order valence-corrected chi connectivity index (χ0v) is 9.59. The van der Waals surface area contributed by atoms with Crippen molar-refractivity contribution < 1.29 is 28.5 Å². The quantitative estimate of drug-likeness (QED) is 0.347. The second-order valence-electron chi connectivity index (χ2n) is 3.29. The first kappa shape index (κ1) is 14.0. The Morgan fingerprint density at radius 2 is 1.33 bits per heavy atom. The van der Waals surface area contributed by atoms with Crippen LogP contribution < -0.4 is 0 Å². The van der Waals surface area contributed by atoms with Gasteiger partial charge >= 0.3 is 11.9 Å². The van der Waals surface area contributed by atoms with Gasteiger partial charge in [-0.3, -0.25) is 0 Å². The van der Waals surface area contributed by atoms with Crippen molar-refractivity contribution in [2.24, 2.45) is 0 Å². The second-order valence-corrected chi connectivity index (χ2v) is 3.29. The normalized spacial score (nSPS) is 22.6. The van der Waals surface area contributed by atoms with Crippen molar-refractivity contribution in [3.05, 3.63) is 0 Å². The van der Waals surface area contributed by atoms with Gasteiger partial charge in [0.25, 0.3) is 0 Å². The van der Waals surface area contributed by atoms with E-state index in [-0.39, 0.29) is 26.4 Å². The number of terminal acetylenes is 2. The van der Waals surface area contributed by atoms with E-state index < -0.39 is 24.1 Å². The average Bonchev–Trinajstić information content (AvgIpc) is 2.35. The predicted molar refractivity (Wildman–Crippen MR) is 59.1 cm³/mol. The highest BCUT2D eigenvalue weighted by Gasteiger charge is 2.38. The standard InChI is InChI=1S/C12H12O6/c1-3-5-15-7-9-11(13)18-10(12(14)17-9)8-16-6-4-2/h1-2,9-10H,5-8H2/t9-,10+. The summed E-state index contributed by atoms with van der Waals surface area (Å²) in [7, 11) is 0. The predicted octanol–water partition coefficient (Wildman–Crippen LogP) is -0.877. The van der Waals surface area contributed by atoms with Gasteiger partial charge < -0.3 is 18.9 Å². The number of carbonyl (C=O) groups excluding carboxylic acids is 2. The molecule has 0 aliphatic carbocycles. The molecule has 0 saturated carbocycles. The van der Waals surface area contributed by atoms with E-state index in [9.17, 15) is 9.59 Å². The number of hydrogen-bond donors (Lipinski definition) is 0. The summed E-state index contributed by atoms with van der Waals surface area (Å²) in [5.41, 5.74) is 0. The molecule has 1 fully saturated rings. The number of esters is 2. The smallest absolute Gasteiger partial charge is 0.350 e. The number of rotatable bonds is 6. The number of cyclic esters (lactones) is 2. The molecule has 1 heterocycles. The van der Waals surface area contributed by atoms with E-state index in [0.29, 0.717) is 0 Å². The molecule has 18 heavy (non-hydrogen) atoms. The maximum atomic E-state index is 11.5. The van der Waals surface area contributed by atoms with E-state index in [1.807, 2.05) is 0 Å². The lowest BCUT2D eigenvalue weighted by Gasteiger charge is -2.26. The van der Waals surface area contributed by atoms with Crippen molar-refractivity contribution in [3.63, 3.8) is 0 Å². The lowest BCUT2D eigenvalue weighted by molar-refractivity contribution is -0.202. The Balaban J connectivity index is 2.40. The molecule has 0 aromatic rings. The van der Waals surface area contributed by atoms with Crippen LogP contribution in [0.1, 0.15) is 0 Å². The van der Waals surface area contributed by atoms with Crippen LogP contribution in [0, 0.1) is 24.7 Å². The summed E-state index contributed by atoms with van der Waals surface area (Å²) in [6.45, 7) is -0.217. The number of hydrogen-bond acceptors (Lipinski definition) is 6. The largest absolute Gasteiger partial charge is 0.445 e. The summed E-state index contributed by atoms with van der Waals surface area (Å²) in [5, 5.41) is 0. The van der Waals surface area contributed by atoms with Crippen molar-refractivity contribution in [2.45, 2.75) is 12.2 Å². The van der Waals surface area contributed by atoms with Gasteiger partial charge in [0.15, 0.2) is 0 Å². The molecule has 0 aromatic heterocycles. The highest BCUT2D eigenvalue weighted by molar-refractivity contribution is 5.87. The molecule has 1 aliphatic rings. The van der Waals surface area contributed by atoms with Crippen molar-refractivity contribution in [2.75, 3.05) is 26.4 Å². The zero-order chi connectivity index (χ0) is 13.4. The molecule has 1 rings (SSSR count). The minimum Gasteiger partial charge on any atom is -0.445 e. The van der Waals surface area contributed by atoms with E-state index in [2.05, 4.69) is 11.8 Å². The molecule has 2 atom stereocenters. The summed E-state index contributed by atoms with van der Waals surface area (Å²) < 4.78 is 19.5.